The second kappa shape index (κ2) is 2.68. The zero-order chi connectivity index (χ0) is 11.6. The first-order valence-electron chi connectivity index (χ1n) is 5.66. The molecule has 0 saturated carbocycles. The van der Waals surface area contributed by atoms with Gasteiger partial charge in [-0.25, -0.2) is 9.36 Å². The number of aromatic nitrogens is 4. The number of nitrogens with two attached hydrogens (primary N) is 1. The van der Waals surface area contributed by atoms with Crippen molar-refractivity contribution in [1.29, 1.82) is 0 Å². The van der Waals surface area contributed by atoms with E-state index in [1.165, 1.54) is 10.9 Å². The Kier molecular flexibility index (Phi) is 1.39. The van der Waals surface area contributed by atoms with Gasteiger partial charge >= 0.3 is 0 Å². The number of aryl methyl sites for hydroxylation is 1. The van der Waals surface area contributed by atoms with Gasteiger partial charge in [-0.2, -0.15) is 5.10 Å². The highest BCUT2D eigenvalue weighted by Gasteiger charge is 2.26. The maximum absolute atomic E-state index is 5.96. The van der Waals surface area contributed by atoms with Gasteiger partial charge in [-0.3, -0.25) is 0 Å². The second-order valence-corrected chi connectivity index (χ2v) is 4.26. The van der Waals surface area contributed by atoms with E-state index < -0.39 is 0 Å². The highest BCUT2D eigenvalue weighted by atomic mass is 15.5. The SMILES string of the molecule is CCc1cc(N)n(-c2ccc3c(c2)c2nn3-2)n1. The molecule has 0 radical (unpaired) electrons. The molecule has 2 aliphatic heterocycles. The summed E-state index contributed by atoms with van der Waals surface area (Å²) in [6, 6.07) is 8.07. The van der Waals surface area contributed by atoms with Gasteiger partial charge in [0.25, 0.3) is 0 Å². The molecule has 1 aromatic carbocycles. The summed E-state index contributed by atoms with van der Waals surface area (Å²) in [6.07, 6.45) is 0.891. The van der Waals surface area contributed by atoms with Crippen molar-refractivity contribution in [3.05, 3.63) is 30.0 Å². The highest BCUT2D eigenvalue weighted by molar-refractivity contribution is 5.97. The summed E-state index contributed by atoms with van der Waals surface area (Å²) < 4.78 is 3.72. The molecule has 0 bridgehead atoms. The molecule has 2 N–H and O–H groups in total. The molecule has 17 heavy (non-hydrogen) atoms. The van der Waals surface area contributed by atoms with Crippen LogP contribution < -0.4 is 5.73 Å². The van der Waals surface area contributed by atoms with Gasteiger partial charge in [0.05, 0.1) is 16.9 Å². The van der Waals surface area contributed by atoms with Crippen LogP contribution in [0.2, 0.25) is 0 Å². The minimum Gasteiger partial charge on any atom is -0.384 e. The third-order valence-electron chi connectivity index (χ3n) is 3.20. The van der Waals surface area contributed by atoms with Crippen molar-refractivity contribution in [3.8, 4) is 11.5 Å². The Morgan fingerprint density at radius 3 is 2.82 bits per heavy atom. The quantitative estimate of drug-likeness (QED) is 0.564. The zero-order valence-corrected chi connectivity index (χ0v) is 9.38. The fraction of sp³-hybridized carbons (Fsp3) is 0.167. The lowest BCUT2D eigenvalue weighted by atomic mass is 10.2. The lowest BCUT2D eigenvalue weighted by Crippen LogP contribution is -2.02. The summed E-state index contributed by atoms with van der Waals surface area (Å²) in [5.41, 5.74) is 9.14. The molecule has 2 aliphatic rings. The lowest BCUT2D eigenvalue weighted by molar-refractivity contribution is 0.850. The van der Waals surface area contributed by atoms with Gasteiger partial charge < -0.3 is 5.73 Å². The molecule has 0 amide bonds. The maximum atomic E-state index is 5.96. The monoisotopic (exact) mass is 225 g/mol. The van der Waals surface area contributed by atoms with Crippen LogP contribution in [-0.4, -0.2) is 19.6 Å². The number of nitrogen functional groups attached to an aromatic ring is 1. The Balaban J connectivity index is 1.89. The van der Waals surface area contributed by atoms with Gasteiger partial charge in [0, 0.05) is 11.5 Å². The summed E-state index contributed by atoms with van der Waals surface area (Å²) in [6.45, 7) is 2.07. The molecular weight excluding hydrogens is 214 g/mol. The number of fused-ring (bicyclic) bond motifs is 4. The van der Waals surface area contributed by atoms with Crippen molar-refractivity contribution in [2.24, 2.45) is 0 Å². The predicted octanol–water partition coefficient (Wildman–Crippen LogP) is 1.67. The van der Waals surface area contributed by atoms with Crippen LogP contribution in [0.1, 0.15) is 12.6 Å². The van der Waals surface area contributed by atoms with E-state index in [0.717, 1.165) is 23.6 Å². The van der Waals surface area contributed by atoms with Crippen LogP contribution in [0, 0.1) is 0 Å². The van der Waals surface area contributed by atoms with Crippen molar-refractivity contribution >= 4 is 16.7 Å². The largest absolute Gasteiger partial charge is 0.384 e. The maximum Gasteiger partial charge on any atom is 0.184 e. The van der Waals surface area contributed by atoms with Crippen LogP contribution in [-0.2, 0) is 6.42 Å². The van der Waals surface area contributed by atoms with Crippen molar-refractivity contribution in [2.45, 2.75) is 13.3 Å². The number of anilines is 1. The first-order chi connectivity index (χ1) is 8.28. The first kappa shape index (κ1) is 8.81. The zero-order valence-electron chi connectivity index (χ0n) is 9.38. The molecule has 0 spiro atoms. The van der Waals surface area contributed by atoms with Crippen molar-refractivity contribution < 1.29 is 0 Å². The number of hydrogen-bond acceptors (Lipinski definition) is 3. The third kappa shape index (κ3) is 1.03. The van der Waals surface area contributed by atoms with Gasteiger partial charge in [-0.15, -0.1) is 5.10 Å². The number of rotatable bonds is 2. The lowest BCUT2D eigenvalue weighted by Gasteiger charge is -2.07. The Morgan fingerprint density at radius 1 is 1.18 bits per heavy atom. The Bertz CT molecular complexity index is 750. The van der Waals surface area contributed by atoms with Crippen molar-refractivity contribution in [2.75, 3.05) is 5.73 Å². The van der Waals surface area contributed by atoms with Crippen LogP contribution in [0.4, 0.5) is 5.82 Å². The molecule has 0 unspecified atom stereocenters. The minimum atomic E-state index is 0.677. The molecule has 5 nitrogen and oxygen atoms in total. The second-order valence-electron chi connectivity index (χ2n) is 4.26. The highest BCUT2D eigenvalue weighted by Crippen LogP contribution is 2.35. The van der Waals surface area contributed by atoms with Gasteiger partial charge in [0.1, 0.15) is 5.82 Å². The number of benzene rings is 1. The molecule has 5 heteroatoms. The first-order valence-corrected chi connectivity index (χ1v) is 5.66. The minimum absolute atomic E-state index is 0.677. The topological polar surface area (TPSA) is 61.7 Å². The fourth-order valence-corrected chi connectivity index (χ4v) is 2.20. The van der Waals surface area contributed by atoms with Crippen LogP contribution in [0.5, 0.6) is 0 Å². The summed E-state index contributed by atoms with van der Waals surface area (Å²) in [7, 11) is 0. The van der Waals surface area contributed by atoms with Crippen LogP contribution in [0.15, 0.2) is 24.3 Å². The molecule has 0 aliphatic carbocycles. The van der Waals surface area contributed by atoms with Crippen molar-refractivity contribution in [1.82, 2.24) is 19.6 Å². The summed E-state index contributed by atoms with van der Waals surface area (Å²) in [5.74, 6) is 1.75. The summed E-state index contributed by atoms with van der Waals surface area (Å²) in [5, 5.41) is 9.86. The normalized spacial score (nSPS) is 12.3. The van der Waals surface area contributed by atoms with E-state index in [0.29, 0.717) is 5.82 Å². The van der Waals surface area contributed by atoms with Gasteiger partial charge in [-0.1, -0.05) is 6.92 Å². The molecule has 3 heterocycles. The van der Waals surface area contributed by atoms with Crippen molar-refractivity contribution in [3.63, 3.8) is 0 Å². The smallest absolute Gasteiger partial charge is 0.184 e. The third-order valence-corrected chi connectivity index (χ3v) is 3.20. The van der Waals surface area contributed by atoms with Gasteiger partial charge in [0.2, 0.25) is 0 Å². The summed E-state index contributed by atoms with van der Waals surface area (Å²) >= 11 is 0. The molecule has 84 valence electrons. The van der Waals surface area contributed by atoms with Crippen LogP contribution in [0.3, 0.4) is 0 Å². The standard InChI is InChI=1S/C12H11N5/c1-2-7-5-11(13)16(14-7)8-3-4-10-9(6-8)12-15-17(10)12/h3-6H,2,13H2,1H3. The van der Waals surface area contributed by atoms with E-state index in [9.17, 15) is 0 Å². The Morgan fingerprint density at radius 2 is 2.06 bits per heavy atom. The molecule has 0 saturated heterocycles. The summed E-state index contributed by atoms with van der Waals surface area (Å²) in [4.78, 5) is 0. The van der Waals surface area contributed by atoms with E-state index in [-0.39, 0.29) is 0 Å². The molecular formula is C12H11N5. The van der Waals surface area contributed by atoms with E-state index in [1.54, 1.807) is 4.68 Å². The number of hydrogen-bond donors (Lipinski definition) is 1. The van der Waals surface area contributed by atoms with E-state index in [4.69, 9.17) is 5.73 Å². The molecule has 4 rings (SSSR count). The molecule has 1 aromatic heterocycles. The van der Waals surface area contributed by atoms with Crippen LogP contribution >= 0.6 is 0 Å². The van der Waals surface area contributed by atoms with Gasteiger partial charge in [0.15, 0.2) is 5.82 Å². The average Bonchev–Trinajstić information content (AvgIpc) is 2.94. The Hall–Kier alpha value is -2.30. The predicted molar refractivity (Wildman–Crippen MR) is 65.5 cm³/mol. The number of nitrogens with zero attached hydrogens (tertiary/aromatic N) is 4. The molecule has 2 aromatic rings. The van der Waals surface area contributed by atoms with E-state index >= 15 is 0 Å². The average molecular weight is 225 g/mol. The van der Waals surface area contributed by atoms with E-state index in [1.807, 2.05) is 16.8 Å². The fourth-order valence-electron chi connectivity index (χ4n) is 2.20. The molecule has 0 fully saturated rings. The molecule has 0 atom stereocenters. The van der Waals surface area contributed by atoms with Gasteiger partial charge in [-0.05, 0) is 24.6 Å². The van der Waals surface area contributed by atoms with Crippen LogP contribution in [0.25, 0.3) is 22.4 Å². The van der Waals surface area contributed by atoms with E-state index in [2.05, 4.69) is 29.3 Å². The Labute approximate surface area is 97.4 Å².